The van der Waals surface area contributed by atoms with Gasteiger partial charge in [-0.05, 0) is 37.0 Å². The van der Waals surface area contributed by atoms with Crippen molar-refractivity contribution in [2.45, 2.75) is 45.9 Å². The molecule has 0 saturated carbocycles. The zero-order valence-corrected chi connectivity index (χ0v) is 12.8. The Morgan fingerprint density at radius 2 is 1.84 bits per heavy atom. The molecule has 108 valence electrons. The monoisotopic (exact) mass is 285 g/mol. The van der Waals surface area contributed by atoms with Crippen molar-refractivity contribution in [2.24, 2.45) is 5.92 Å². The molecule has 0 aliphatic carbocycles. The lowest BCUT2D eigenvalue weighted by Crippen LogP contribution is -2.42. The summed E-state index contributed by atoms with van der Waals surface area (Å²) in [7, 11) is 0. The SMILES string of the molecule is Cc1cc(C(O)C(NCC(C)O)C(C)C)ccc1Cl. The highest BCUT2D eigenvalue weighted by Crippen LogP contribution is 2.25. The van der Waals surface area contributed by atoms with Gasteiger partial charge in [0.1, 0.15) is 0 Å². The van der Waals surface area contributed by atoms with Crippen molar-refractivity contribution in [1.82, 2.24) is 5.32 Å². The van der Waals surface area contributed by atoms with E-state index in [1.54, 1.807) is 6.92 Å². The van der Waals surface area contributed by atoms with E-state index in [0.29, 0.717) is 11.6 Å². The Bertz CT molecular complexity index is 407. The van der Waals surface area contributed by atoms with E-state index in [0.717, 1.165) is 11.1 Å². The molecule has 1 aromatic rings. The van der Waals surface area contributed by atoms with Crippen molar-refractivity contribution in [1.29, 1.82) is 0 Å². The van der Waals surface area contributed by atoms with Crippen LogP contribution in [0.1, 0.15) is 38.0 Å². The van der Waals surface area contributed by atoms with Gasteiger partial charge in [0.05, 0.1) is 12.2 Å². The van der Waals surface area contributed by atoms with Crippen LogP contribution in [-0.4, -0.2) is 28.9 Å². The van der Waals surface area contributed by atoms with E-state index in [4.69, 9.17) is 11.6 Å². The molecule has 3 atom stereocenters. The van der Waals surface area contributed by atoms with Gasteiger partial charge in [-0.25, -0.2) is 0 Å². The minimum absolute atomic E-state index is 0.102. The predicted molar refractivity (Wildman–Crippen MR) is 79.5 cm³/mol. The molecule has 0 spiro atoms. The molecule has 1 rings (SSSR count). The fourth-order valence-electron chi connectivity index (χ4n) is 2.08. The molecule has 1 aromatic carbocycles. The third-order valence-electron chi connectivity index (χ3n) is 3.23. The van der Waals surface area contributed by atoms with Crippen LogP contribution in [0.15, 0.2) is 18.2 Å². The number of aliphatic hydroxyl groups is 2. The Morgan fingerprint density at radius 3 is 2.32 bits per heavy atom. The Kier molecular flexibility index (Phi) is 6.27. The first kappa shape index (κ1) is 16.4. The molecule has 3 N–H and O–H groups in total. The van der Waals surface area contributed by atoms with Gasteiger partial charge < -0.3 is 15.5 Å². The average molecular weight is 286 g/mol. The van der Waals surface area contributed by atoms with E-state index >= 15 is 0 Å². The minimum atomic E-state index is -0.616. The maximum Gasteiger partial charge on any atom is 0.0945 e. The molecule has 0 aromatic heterocycles. The van der Waals surface area contributed by atoms with Crippen LogP contribution in [0.5, 0.6) is 0 Å². The quantitative estimate of drug-likeness (QED) is 0.753. The molecule has 4 heteroatoms. The summed E-state index contributed by atoms with van der Waals surface area (Å²) in [5, 5.41) is 23.8. The fraction of sp³-hybridized carbons (Fsp3) is 0.600. The van der Waals surface area contributed by atoms with Gasteiger partial charge in [0.2, 0.25) is 0 Å². The zero-order chi connectivity index (χ0) is 14.6. The van der Waals surface area contributed by atoms with E-state index in [1.165, 1.54) is 0 Å². The average Bonchev–Trinajstić information content (AvgIpc) is 2.31. The Balaban J connectivity index is 2.85. The Labute approximate surface area is 120 Å². The summed E-state index contributed by atoms with van der Waals surface area (Å²) in [5.41, 5.74) is 1.80. The van der Waals surface area contributed by atoms with Crippen molar-refractivity contribution < 1.29 is 10.2 Å². The standard InChI is InChI=1S/C15H24ClNO2/c1-9(2)14(17-8-11(4)18)15(19)12-5-6-13(16)10(3)7-12/h5-7,9,11,14-15,17-19H,8H2,1-4H3. The summed E-state index contributed by atoms with van der Waals surface area (Å²) in [6.07, 6.45) is -1.05. The van der Waals surface area contributed by atoms with Gasteiger partial charge >= 0.3 is 0 Å². The molecule has 0 heterocycles. The van der Waals surface area contributed by atoms with Crippen molar-refractivity contribution in [3.63, 3.8) is 0 Å². The topological polar surface area (TPSA) is 52.5 Å². The number of halogens is 1. The molecule has 19 heavy (non-hydrogen) atoms. The van der Waals surface area contributed by atoms with Crippen LogP contribution in [0.4, 0.5) is 0 Å². The molecule has 0 aliphatic heterocycles. The van der Waals surface area contributed by atoms with E-state index in [1.807, 2.05) is 39.0 Å². The summed E-state index contributed by atoms with van der Waals surface area (Å²) in [6, 6.07) is 5.46. The Hall–Kier alpha value is -0.610. The maximum atomic E-state index is 10.5. The molecule has 3 nitrogen and oxygen atoms in total. The first-order valence-electron chi connectivity index (χ1n) is 6.68. The molecule has 0 fully saturated rings. The van der Waals surface area contributed by atoms with E-state index < -0.39 is 12.2 Å². The normalized spacial score (nSPS) is 16.4. The number of nitrogens with one attached hydrogen (secondary N) is 1. The fourth-order valence-corrected chi connectivity index (χ4v) is 2.20. The lowest BCUT2D eigenvalue weighted by Gasteiger charge is -2.28. The lowest BCUT2D eigenvalue weighted by molar-refractivity contribution is 0.0930. The van der Waals surface area contributed by atoms with Crippen LogP contribution in [0.3, 0.4) is 0 Å². The molecule has 3 unspecified atom stereocenters. The predicted octanol–water partition coefficient (Wildman–Crippen LogP) is 2.68. The number of rotatable bonds is 6. The summed E-state index contributed by atoms with van der Waals surface area (Å²) in [6.45, 7) is 8.21. The van der Waals surface area contributed by atoms with Gasteiger partial charge in [0, 0.05) is 17.6 Å². The number of aliphatic hydroxyl groups excluding tert-OH is 2. The molecule has 0 saturated heterocycles. The van der Waals surface area contributed by atoms with Crippen LogP contribution in [0, 0.1) is 12.8 Å². The van der Waals surface area contributed by atoms with Crippen LogP contribution in [0.25, 0.3) is 0 Å². The van der Waals surface area contributed by atoms with Crippen LogP contribution in [-0.2, 0) is 0 Å². The highest BCUT2D eigenvalue weighted by Gasteiger charge is 2.24. The largest absolute Gasteiger partial charge is 0.392 e. The second-order valence-electron chi connectivity index (χ2n) is 5.48. The van der Waals surface area contributed by atoms with Crippen molar-refractivity contribution in [3.05, 3.63) is 34.3 Å². The van der Waals surface area contributed by atoms with Gasteiger partial charge in [-0.3, -0.25) is 0 Å². The number of hydrogen-bond acceptors (Lipinski definition) is 3. The summed E-state index contributed by atoms with van der Waals surface area (Å²) in [4.78, 5) is 0. The third kappa shape index (κ3) is 4.77. The summed E-state index contributed by atoms with van der Waals surface area (Å²) < 4.78 is 0. The van der Waals surface area contributed by atoms with Gasteiger partial charge in [0.15, 0.2) is 0 Å². The summed E-state index contributed by atoms with van der Waals surface area (Å²) in [5.74, 6) is 0.254. The van der Waals surface area contributed by atoms with Gasteiger partial charge in [-0.15, -0.1) is 0 Å². The van der Waals surface area contributed by atoms with E-state index in [9.17, 15) is 10.2 Å². The van der Waals surface area contributed by atoms with Crippen molar-refractivity contribution in [3.8, 4) is 0 Å². The second-order valence-corrected chi connectivity index (χ2v) is 5.89. The smallest absolute Gasteiger partial charge is 0.0945 e. The van der Waals surface area contributed by atoms with Gasteiger partial charge in [-0.1, -0.05) is 37.6 Å². The van der Waals surface area contributed by atoms with E-state index in [2.05, 4.69) is 5.32 Å². The Morgan fingerprint density at radius 1 is 1.21 bits per heavy atom. The van der Waals surface area contributed by atoms with Crippen molar-refractivity contribution in [2.75, 3.05) is 6.54 Å². The molecular formula is C15H24ClNO2. The van der Waals surface area contributed by atoms with E-state index in [-0.39, 0.29) is 12.0 Å². The van der Waals surface area contributed by atoms with Gasteiger partial charge in [-0.2, -0.15) is 0 Å². The molecule has 0 bridgehead atoms. The third-order valence-corrected chi connectivity index (χ3v) is 3.65. The van der Waals surface area contributed by atoms with Crippen LogP contribution in [0.2, 0.25) is 5.02 Å². The highest BCUT2D eigenvalue weighted by molar-refractivity contribution is 6.31. The first-order valence-corrected chi connectivity index (χ1v) is 7.06. The molecular weight excluding hydrogens is 262 g/mol. The van der Waals surface area contributed by atoms with Crippen LogP contribution < -0.4 is 5.32 Å². The maximum absolute atomic E-state index is 10.5. The zero-order valence-electron chi connectivity index (χ0n) is 12.0. The molecule has 0 radical (unpaired) electrons. The highest BCUT2D eigenvalue weighted by atomic mass is 35.5. The second kappa shape index (κ2) is 7.25. The summed E-state index contributed by atoms with van der Waals surface area (Å²) >= 11 is 6.00. The first-order chi connectivity index (χ1) is 8.82. The number of benzene rings is 1. The number of hydrogen-bond donors (Lipinski definition) is 3. The number of aryl methyl sites for hydroxylation is 1. The molecule has 0 amide bonds. The van der Waals surface area contributed by atoms with Crippen molar-refractivity contribution >= 4 is 11.6 Å². The lowest BCUT2D eigenvalue weighted by atomic mass is 9.92. The molecule has 0 aliphatic rings. The van der Waals surface area contributed by atoms with Crippen LogP contribution >= 0.6 is 11.6 Å². The minimum Gasteiger partial charge on any atom is -0.392 e. The van der Waals surface area contributed by atoms with Gasteiger partial charge in [0.25, 0.3) is 0 Å².